The fourth-order valence-electron chi connectivity index (χ4n) is 4.86. The van der Waals surface area contributed by atoms with Crippen molar-refractivity contribution in [1.29, 1.82) is 0 Å². The van der Waals surface area contributed by atoms with Gasteiger partial charge in [0, 0.05) is 19.6 Å². The van der Waals surface area contributed by atoms with E-state index in [9.17, 15) is 9.59 Å². The van der Waals surface area contributed by atoms with Crippen LogP contribution in [0.25, 0.3) is 0 Å². The first-order valence-electron chi connectivity index (χ1n) is 14.9. The molecule has 0 aromatic carbocycles. The molecule has 0 aromatic rings. The van der Waals surface area contributed by atoms with Crippen LogP contribution in [0.4, 0.5) is 0 Å². The van der Waals surface area contributed by atoms with Crippen LogP contribution in [0.3, 0.4) is 0 Å². The molecular formula is C30H56O5. The summed E-state index contributed by atoms with van der Waals surface area (Å²) < 4.78 is 15.7. The van der Waals surface area contributed by atoms with Gasteiger partial charge in [0.25, 0.3) is 0 Å². The van der Waals surface area contributed by atoms with E-state index >= 15 is 0 Å². The maximum atomic E-state index is 11.8. The molecule has 1 rings (SSSR count). The van der Waals surface area contributed by atoms with E-state index in [4.69, 9.17) is 9.47 Å². The Morgan fingerprint density at radius 3 is 1.60 bits per heavy atom. The Labute approximate surface area is 216 Å². The first-order chi connectivity index (χ1) is 17.2. The zero-order chi connectivity index (χ0) is 25.4. The molecule has 0 heterocycles. The quantitative estimate of drug-likeness (QED) is 0.0856. The number of ketones is 1. The van der Waals surface area contributed by atoms with Gasteiger partial charge in [0.1, 0.15) is 13.2 Å². The molecule has 0 radical (unpaired) electrons. The first kappa shape index (κ1) is 32.1. The van der Waals surface area contributed by atoms with Crippen LogP contribution >= 0.6 is 0 Å². The average molecular weight is 497 g/mol. The molecule has 2 atom stereocenters. The fourth-order valence-corrected chi connectivity index (χ4v) is 4.86. The molecule has 0 N–H and O–H groups in total. The van der Waals surface area contributed by atoms with Gasteiger partial charge in [0.05, 0.1) is 7.11 Å². The van der Waals surface area contributed by atoms with E-state index in [1.54, 1.807) is 0 Å². The largest absolute Gasteiger partial charge is 0.469 e. The highest BCUT2D eigenvalue weighted by molar-refractivity contribution is 5.80. The minimum Gasteiger partial charge on any atom is -0.469 e. The van der Waals surface area contributed by atoms with Gasteiger partial charge >= 0.3 is 5.97 Å². The summed E-state index contributed by atoms with van der Waals surface area (Å²) in [6.07, 6.45) is 24.5. The zero-order valence-corrected chi connectivity index (χ0v) is 23.2. The minimum absolute atomic E-state index is 0.0629. The number of ether oxygens (including phenoxy) is 3. The summed E-state index contributed by atoms with van der Waals surface area (Å²) in [5.41, 5.74) is 0. The van der Waals surface area contributed by atoms with Gasteiger partial charge in [0.15, 0.2) is 5.78 Å². The van der Waals surface area contributed by atoms with Crippen LogP contribution in [0.15, 0.2) is 0 Å². The van der Waals surface area contributed by atoms with Crippen LogP contribution in [0.2, 0.25) is 0 Å². The topological polar surface area (TPSA) is 61.8 Å². The molecular weight excluding hydrogens is 440 g/mol. The third-order valence-corrected chi connectivity index (χ3v) is 7.28. The summed E-state index contributed by atoms with van der Waals surface area (Å²) in [5, 5.41) is 0. The van der Waals surface area contributed by atoms with Gasteiger partial charge in [-0.05, 0) is 37.5 Å². The first-order valence-corrected chi connectivity index (χ1v) is 14.9. The van der Waals surface area contributed by atoms with Crippen molar-refractivity contribution >= 4 is 11.8 Å². The molecule has 0 bridgehead atoms. The van der Waals surface area contributed by atoms with Crippen molar-refractivity contribution < 1.29 is 23.8 Å². The van der Waals surface area contributed by atoms with Gasteiger partial charge in [-0.25, -0.2) is 0 Å². The maximum absolute atomic E-state index is 11.8. The van der Waals surface area contributed by atoms with Crippen molar-refractivity contribution in [3.63, 3.8) is 0 Å². The van der Waals surface area contributed by atoms with E-state index in [2.05, 4.69) is 11.7 Å². The molecule has 0 aromatic heterocycles. The van der Waals surface area contributed by atoms with Crippen molar-refractivity contribution in [2.75, 3.05) is 33.5 Å². The van der Waals surface area contributed by atoms with E-state index in [-0.39, 0.29) is 25.0 Å². The molecule has 1 saturated carbocycles. The summed E-state index contributed by atoms with van der Waals surface area (Å²) in [6, 6.07) is 0. The van der Waals surface area contributed by atoms with E-state index in [0.29, 0.717) is 19.6 Å². The number of unbranched alkanes of at least 4 members (excludes halogenated alkanes) is 13. The second kappa shape index (κ2) is 23.5. The van der Waals surface area contributed by atoms with Crippen LogP contribution in [0.1, 0.15) is 135 Å². The van der Waals surface area contributed by atoms with Gasteiger partial charge in [-0.15, -0.1) is 0 Å². The normalized spacial score (nSPS) is 17.0. The van der Waals surface area contributed by atoms with Crippen LogP contribution in [0, 0.1) is 11.8 Å². The molecule has 0 aliphatic heterocycles. The number of methoxy groups -OCH3 is 1. The summed E-state index contributed by atoms with van der Waals surface area (Å²) in [6.45, 7) is 4.01. The molecule has 206 valence electrons. The number of carbonyl (C=O) groups excluding carboxylic acids is 2. The van der Waals surface area contributed by atoms with E-state index in [1.165, 1.54) is 103 Å². The highest BCUT2D eigenvalue weighted by atomic mass is 16.5. The van der Waals surface area contributed by atoms with Gasteiger partial charge in [-0.1, -0.05) is 103 Å². The molecule has 0 saturated heterocycles. The number of Topliss-reactive ketones (excluding diaryl/α,β-unsaturated/α-hetero) is 1. The van der Waals surface area contributed by atoms with Gasteiger partial charge < -0.3 is 14.2 Å². The lowest BCUT2D eigenvalue weighted by molar-refractivity contribution is -0.140. The Morgan fingerprint density at radius 1 is 0.629 bits per heavy atom. The van der Waals surface area contributed by atoms with Crippen molar-refractivity contribution in [2.24, 2.45) is 11.8 Å². The number of rotatable bonds is 27. The van der Waals surface area contributed by atoms with Crippen LogP contribution < -0.4 is 0 Å². The third kappa shape index (κ3) is 20.9. The van der Waals surface area contributed by atoms with Crippen LogP contribution in [-0.2, 0) is 23.8 Å². The fraction of sp³-hybridized carbons (Fsp3) is 0.933. The molecule has 5 nitrogen and oxygen atoms in total. The van der Waals surface area contributed by atoms with Crippen molar-refractivity contribution in [1.82, 2.24) is 0 Å². The van der Waals surface area contributed by atoms with Gasteiger partial charge in [-0.2, -0.15) is 0 Å². The number of hydrogen-bond donors (Lipinski definition) is 0. The number of carbonyl (C=O) groups is 2. The third-order valence-electron chi connectivity index (χ3n) is 7.28. The van der Waals surface area contributed by atoms with E-state index < -0.39 is 0 Å². The monoisotopic (exact) mass is 496 g/mol. The van der Waals surface area contributed by atoms with Crippen molar-refractivity contribution in [2.45, 2.75) is 135 Å². The summed E-state index contributed by atoms with van der Waals surface area (Å²) in [4.78, 5) is 22.9. The Hall–Kier alpha value is -0.940. The zero-order valence-electron chi connectivity index (χ0n) is 23.2. The molecule has 1 aliphatic carbocycles. The number of esters is 1. The van der Waals surface area contributed by atoms with Crippen LogP contribution in [0.5, 0.6) is 0 Å². The van der Waals surface area contributed by atoms with Crippen molar-refractivity contribution in [3.8, 4) is 0 Å². The van der Waals surface area contributed by atoms with E-state index in [0.717, 1.165) is 37.5 Å². The Bertz CT molecular complexity index is 507. The summed E-state index contributed by atoms with van der Waals surface area (Å²) in [7, 11) is 1.46. The second-order valence-corrected chi connectivity index (χ2v) is 10.6. The predicted molar refractivity (Wildman–Crippen MR) is 144 cm³/mol. The Balaban J connectivity index is 1.73. The van der Waals surface area contributed by atoms with Crippen molar-refractivity contribution in [3.05, 3.63) is 0 Å². The molecule has 0 amide bonds. The smallest absolute Gasteiger partial charge is 0.305 e. The standard InChI is InChI=1S/C30H56O5/c1-3-4-5-6-12-17-22-34-25-29(31)26-35-23-18-13-8-7-9-14-19-27-24-28(27)20-15-10-11-16-21-30(32)33-2/h27-28H,3-26H2,1-2H3. The van der Waals surface area contributed by atoms with Gasteiger partial charge in [0.2, 0.25) is 0 Å². The molecule has 5 heteroatoms. The minimum atomic E-state index is -0.0767. The molecule has 2 unspecified atom stereocenters. The molecule has 35 heavy (non-hydrogen) atoms. The highest BCUT2D eigenvalue weighted by Gasteiger charge is 2.34. The van der Waals surface area contributed by atoms with Crippen LogP contribution in [-0.4, -0.2) is 45.3 Å². The summed E-state index contributed by atoms with van der Waals surface area (Å²) >= 11 is 0. The Kier molecular flexibility index (Phi) is 21.5. The SMILES string of the molecule is CCCCCCCCOCC(=O)COCCCCCCCCC1CC1CCCCCCC(=O)OC. The molecule has 1 aliphatic rings. The lowest BCUT2D eigenvalue weighted by Crippen LogP contribution is -2.16. The second-order valence-electron chi connectivity index (χ2n) is 10.6. The Morgan fingerprint density at radius 2 is 1.09 bits per heavy atom. The molecule has 1 fully saturated rings. The summed E-state index contributed by atoms with van der Waals surface area (Å²) in [5.74, 6) is 1.96. The predicted octanol–water partition coefficient (Wildman–Crippen LogP) is 7.83. The van der Waals surface area contributed by atoms with Gasteiger partial charge in [-0.3, -0.25) is 9.59 Å². The molecule has 0 spiro atoms. The maximum Gasteiger partial charge on any atom is 0.305 e. The highest BCUT2D eigenvalue weighted by Crippen LogP contribution is 2.45. The lowest BCUT2D eigenvalue weighted by Gasteiger charge is -2.06. The van der Waals surface area contributed by atoms with E-state index in [1.807, 2.05) is 0 Å². The lowest BCUT2D eigenvalue weighted by atomic mass is 10.0. The number of hydrogen-bond acceptors (Lipinski definition) is 5. The average Bonchev–Trinajstić information content (AvgIpc) is 3.61.